The van der Waals surface area contributed by atoms with E-state index in [-0.39, 0.29) is 12.0 Å². The van der Waals surface area contributed by atoms with Gasteiger partial charge >= 0.3 is 5.97 Å². The second kappa shape index (κ2) is 9.35. The summed E-state index contributed by atoms with van der Waals surface area (Å²) in [5.41, 5.74) is 0. The third kappa shape index (κ3) is 5.52. The van der Waals surface area contributed by atoms with Crippen molar-refractivity contribution < 1.29 is 9.90 Å². The number of hydrogen-bond acceptors (Lipinski definition) is 2. The Labute approximate surface area is 118 Å². The maximum Gasteiger partial charge on any atom is 0.308 e. The number of hydrogen-bond donors (Lipinski definition) is 1. The van der Waals surface area contributed by atoms with Crippen LogP contribution >= 0.6 is 0 Å². The standard InChI is InChI=1S/C16H31NO2/c1-3-5-12-17(13-6-4-2)15-11-9-7-8-10-14(15)16(18)19/h14-15H,3-13H2,1-2H3,(H,18,19). The molecule has 0 aromatic heterocycles. The minimum absolute atomic E-state index is 0.142. The fourth-order valence-corrected chi connectivity index (χ4v) is 3.18. The predicted molar refractivity (Wildman–Crippen MR) is 79.4 cm³/mol. The molecule has 19 heavy (non-hydrogen) atoms. The monoisotopic (exact) mass is 269 g/mol. The second-order valence-electron chi connectivity index (χ2n) is 5.89. The van der Waals surface area contributed by atoms with E-state index < -0.39 is 5.97 Å². The number of unbranched alkanes of at least 4 members (excludes halogenated alkanes) is 2. The molecular weight excluding hydrogens is 238 g/mol. The highest BCUT2D eigenvalue weighted by molar-refractivity contribution is 5.70. The highest BCUT2D eigenvalue weighted by Crippen LogP contribution is 2.28. The van der Waals surface area contributed by atoms with E-state index in [4.69, 9.17) is 0 Å². The summed E-state index contributed by atoms with van der Waals surface area (Å²) in [4.78, 5) is 14.0. The van der Waals surface area contributed by atoms with Crippen molar-refractivity contribution in [2.45, 2.75) is 77.7 Å². The molecule has 0 heterocycles. The lowest BCUT2D eigenvalue weighted by molar-refractivity contribution is -0.144. The van der Waals surface area contributed by atoms with Crippen molar-refractivity contribution in [1.82, 2.24) is 4.90 Å². The van der Waals surface area contributed by atoms with Crippen molar-refractivity contribution in [3.63, 3.8) is 0 Å². The van der Waals surface area contributed by atoms with E-state index in [9.17, 15) is 9.90 Å². The quantitative estimate of drug-likeness (QED) is 0.679. The molecule has 0 saturated heterocycles. The summed E-state index contributed by atoms with van der Waals surface area (Å²) in [5, 5.41) is 9.51. The summed E-state index contributed by atoms with van der Waals surface area (Å²) >= 11 is 0. The highest BCUT2D eigenvalue weighted by atomic mass is 16.4. The van der Waals surface area contributed by atoms with Gasteiger partial charge in [-0.2, -0.15) is 0 Å². The number of carboxylic acid groups (broad SMARTS) is 1. The molecule has 1 fully saturated rings. The Morgan fingerprint density at radius 2 is 1.63 bits per heavy atom. The number of nitrogens with zero attached hydrogens (tertiary/aromatic N) is 1. The minimum Gasteiger partial charge on any atom is -0.481 e. The molecule has 0 aromatic carbocycles. The van der Waals surface area contributed by atoms with Gasteiger partial charge in [-0.25, -0.2) is 0 Å². The first-order chi connectivity index (χ1) is 9.20. The molecule has 1 aliphatic carbocycles. The van der Waals surface area contributed by atoms with Crippen LogP contribution in [0.15, 0.2) is 0 Å². The SMILES string of the molecule is CCCCN(CCCC)C1CCCCCC1C(=O)O. The van der Waals surface area contributed by atoms with Gasteiger partial charge < -0.3 is 5.11 Å². The number of rotatable bonds is 8. The smallest absolute Gasteiger partial charge is 0.308 e. The Morgan fingerprint density at radius 3 is 2.16 bits per heavy atom. The first kappa shape index (κ1) is 16.5. The zero-order valence-corrected chi connectivity index (χ0v) is 12.7. The van der Waals surface area contributed by atoms with E-state index in [1.165, 1.54) is 38.5 Å². The molecule has 112 valence electrons. The van der Waals surface area contributed by atoms with Crippen molar-refractivity contribution in [1.29, 1.82) is 0 Å². The predicted octanol–water partition coefficient (Wildman–Crippen LogP) is 3.92. The van der Waals surface area contributed by atoms with Crippen molar-refractivity contribution in [2.24, 2.45) is 5.92 Å². The molecule has 0 bridgehead atoms. The van der Waals surface area contributed by atoms with Crippen LogP contribution in [-0.4, -0.2) is 35.1 Å². The van der Waals surface area contributed by atoms with E-state index in [1.807, 2.05) is 0 Å². The van der Waals surface area contributed by atoms with Crippen LogP contribution in [0, 0.1) is 5.92 Å². The summed E-state index contributed by atoms with van der Waals surface area (Å²) in [6.07, 6.45) is 10.2. The molecule has 0 amide bonds. The van der Waals surface area contributed by atoms with Crippen LogP contribution in [0.3, 0.4) is 0 Å². The van der Waals surface area contributed by atoms with Gasteiger partial charge in [-0.1, -0.05) is 46.0 Å². The maximum absolute atomic E-state index is 11.5. The lowest BCUT2D eigenvalue weighted by Crippen LogP contribution is -2.44. The average Bonchev–Trinajstić information content (AvgIpc) is 2.64. The fraction of sp³-hybridized carbons (Fsp3) is 0.938. The van der Waals surface area contributed by atoms with Crippen LogP contribution in [0.25, 0.3) is 0 Å². The third-order valence-corrected chi connectivity index (χ3v) is 4.36. The van der Waals surface area contributed by atoms with Crippen molar-refractivity contribution in [2.75, 3.05) is 13.1 Å². The molecule has 2 atom stereocenters. The van der Waals surface area contributed by atoms with Gasteiger partial charge in [-0.3, -0.25) is 9.69 Å². The first-order valence-corrected chi connectivity index (χ1v) is 8.17. The van der Waals surface area contributed by atoms with Gasteiger partial charge in [0.1, 0.15) is 0 Å². The summed E-state index contributed by atoms with van der Waals surface area (Å²) in [7, 11) is 0. The average molecular weight is 269 g/mol. The van der Waals surface area contributed by atoms with Gasteiger partial charge in [0, 0.05) is 6.04 Å². The molecule has 1 aliphatic rings. The number of aliphatic carboxylic acids is 1. The Kier molecular flexibility index (Phi) is 8.11. The maximum atomic E-state index is 11.5. The zero-order chi connectivity index (χ0) is 14.1. The molecule has 3 nitrogen and oxygen atoms in total. The van der Waals surface area contributed by atoms with Crippen molar-refractivity contribution >= 4 is 5.97 Å². The van der Waals surface area contributed by atoms with Crippen molar-refractivity contribution in [3.8, 4) is 0 Å². The molecule has 1 saturated carbocycles. The Hall–Kier alpha value is -0.570. The van der Waals surface area contributed by atoms with Crippen LogP contribution in [0.5, 0.6) is 0 Å². The van der Waals surface area contributed by atoms with Gasteiger partial charge in [-0.15, -0.1) is 0 Å². The lowest BCUT2D eigenvalue weighted by Gasteiger charge is -2.34. The molecule has 2 unspecified atom stereocenters. The summed E-state index contributed by atoms with van der Waals surface area (Å²) in [6, 6.07) is 0.276. The van der Waals surface area contributed by atoms with E-state index in [2.05, 4.69) is 18.7 Å². The summed E-state index contributed by atoms with van der Waals surface area (Å²) in [5.74, 6) is -0.721. The van der Waals surface area contributed by atoms with Crippen LogP contribution in [0.1, 0.15) is 71.6 Å². The summed E-state index contributed by atoms with van der Waals surface area (Å²) < 4.78 is 0. The van der Waals surface area contributed by atoms with Crippen LogP contribution in [-0.2, 0) is 4.79 Å². The molecule has 0 aliphatic heterocycles. The number of carbonyl (C=O) groups is 1. The fourth-order valence-electron chi connectivity index (χ4n) is 3.18. The first-order valence-electron chi connectivity index (χ1n) is 8.17. The lowest BCUT2D eigenvalue weighted by atomic mass is 9.93. The third-order valence-electron chi connectivity index (χ3n) is 4.36. The van der Waals surface area contributed by atoms with Gasteiger partial charge in [0.15, 0.2) is 0 Å². The molecule has 1 N–H and O–H groups in total. The van der Waals surface area contributed by atoms with Crippen molar-refractivity contribution in [3.05, 3.63) is 0 Å². The Bertz CT molecular complexity index is 247. The normalized spacial score (nSPS) is 24.4. The van der Waals surface area contributed by atoms with E-state index in [1.54, 1.807) is 0 Å². The largest absolute Gasteiger partial charge is 0.481 e. The van der Waals surface area contributed by atoms with E-state index >= 15 is 0 Å². The van der Waals surface area contributed by atoms with Gasteiger partial charge in [0.25, 0.3) is 0 Å². The van der Waals surface area contributed by atoms with Crippen LogP contribution < -0.4 is 0 Å². The Morgan fingerprint density at radius 1 is 1.05 bits per heavy atom. The molecule has 0 radical (unpaired) electrons. The topological polar surface area (TPSA) is 40.5 Å². The molecule has 3 heteroatoms. The zero-order valence-electron chi connectivity index (χ0n) is 12.7. The summed E-state index contributed by atoms with van der Waals surface area (Å²) in [6.45, 7) is 6.56. The second-order valence-corrected chi connectivity index (χ2v) is 5.89. The van der Waals surface area contributed by atoms with Crippen LogP contribution in [0.4, 0.5) is 0 Å². The highest BCUT2D eigenvalue weighted by Gasteiger charge is 2.33. The van der Waals surface area contributed by atoms with E-state index in [0.717, 1.165) is 32.4 Å². The molecular formula is C16H31NO2. The van der Waals surface area contributed by atoms with E-state index in [0.29, 0.717) is 0 Å². The van der Waals surface area contributed by atoms with Gasteiger partial charge in [0.05, 0.1) is 5.92 Å². The van der Waals surface area contributed by atoms with Gasteiger partial charge in [-0.05, 0) is 38.8 Å². The molecule has 0 spiro atoms. The molecule has 1 rings (SSSR count). The molecule has 0 aromatic rings. The Balaban J connectivity index is 2.71. The number of carboxylic acids is 1. The van der Waals surface area contributed by atoms with Gasteiger partial charge in [0.2, 0.25) is 0 Å². The van der Waals surface area contributed by atoms with Crippen LogP contribution in [0.2, 0.25) is 0 Å². The minimum atomic E-state index is -0.579.